The molecule has 1 aromatic rings. The van der Waals surface area contributed by atoms with E-state index >= 15 is 0 Å². The van der Waals surface area contributed by atoms with E-state index in [1.165, 1.54) is 0 Å². The van der Waals surface area contributed by atoms with Crippen molar-refractivity contribution in [3.8, 4) is 5.75 Å². The van der Waals surface area contributed by atoms with Gasteiger partial charge in [0.1, 0.15) is 6.61 Å². The molecule has 5 heteroatoms. The minimum Gasteiger partial charge on any atom is -0.488 e. The lowest BCUT2D eigenvalue weighted by Crippen LogP contribution is -2.09. The fraction of sp³-hybridized carbons (Fsp3) is 0.700. The van der Waals surface area contributed by atoms with Gasteiger partial charge >= 0.3 is 0 Å². The highest BCUT2D eigenvalue weighted by Crippen LogP contribution is 2.07. The zero-order valence-electron chi connectivity index (χ0n) is 9.31. The average molecular weight is 214 g/mol. The van der Waals surface area contributed by atoms with Gasteiger partial charge in [-0.15, -0.1) is 0 Å². The summed E-state index contributed by atoms with van der Waals surface area (Å²) in [6.45, 7) is 5.22. The van der Waals surface area contributed by atoms with Crippen LogP contribution in [-0.4, -0.2) is 43.3 Å². The van der Waals surface area contributed by atoms with E-state index in [4.69, 9.17) is 14.2 Å². The Hall–Kier alpha value is -1.07. The molecule has 1 heterocycles. The maximum absolute atomic E-state index is 5.42. The molecule has 86 valence electrons. The van der Waals surface area contributed by atoms with E-state index in [9.17, 15) is 0 Å². The van der Waals surface area contributed by atoms with Gasteiger partial charge in [0.25, 0.3) is 0 Å². The molecule has 1 aromatic heterocycles. The van der Waals surface area contributed by atoms with Gasteiger partial charge in [-0.2, -0.15) is 5.10 Å². The van der Waals surface area contributed by atoms with Gasteiger partial charge in [0, 0.05) is 13.7 Å². The minimum atomic E-state index is 0.541. The van der Waals surface area contributed by atoms with Gasteiger partial charge in [0.15, 0.2) is 5.75 Å². The first-order valence-corrected chi connectivity index (χ1v) is 5.08. The van der Waals surface area contributed by atoms with E-state index < -0.39 is 0 Å². The lowest BCUT2D eigenvalue weighted by molar-refractivity contribution is 0.0544. The number of methoxy groups -OCH3 is 1. The molecule has 0 saturated carbocycles. The Morgan fingerprint density at radius 1 is 1.27 bits per heavy atom. The topological polar surface area (TPSA) is 45.5 Å². The molecule has 0 aliphatic heterocycles. The third-order valence-electron chi connectivity index (χ3n) is 1.86. The van der Waals surface area contributed by atoms with Crippen molar-refractivity contribution in [2.75, 3.05) is 33.5 Å². The molecule has 0 radical (unpaired) electrons. The Bertz CT molecular complexity index is 263. The molecule has 0 aliphatic carbocycles. The van der Waals surface area contributed by atoms with Crippen LogP contribution in [0.4, 0.5) is 0 Å². The van der Waals surface area contributed by atoms with Crippen molar-refractivity contribution in [2.24, 2.45) is 0 Å². The molecule has 0 fully saturated rings. The maximum atomic E-state index is 5.42. The summed E-state index contributed by atoms with van der Waals surface area (Å²) in [4.78, 5) is 0. The predicted octanol–water partition coefficient (Wildman–Crippen LogP) is 0.945. The number of hydrogen-bond acceptors (Lipinski definition) is 4. The molecule has 0 amide bonds. The maximum Gasteiger partial charge on any atom is 0.157 e. The van der Waals surface area contributed by atoms with E-state index in [0.29, 0.717) is 26.4 Å². The molecule has 5 nitrogen and oxygen atoms in total. The first-order chi connectivity index (χ1) is 7.36. The number of rotatable bonds is 8. The highest BCUT2D eigenvalue weighted by atomic mass is 16.5. The molecule has 0 unspecified atom stereocenters. The first kappa shape index (κ1) is 12.0. The van der Waals surface area contributed by atoms with Crippen LogP contribution in [0.15, 0.2) is 12.4 Å². The second-order valence-electron chi connectivity index (χ2n) is 2.99. The molecule has 0 N–H and O–H groups in total. The summed E-state index contributed by atoms with van der Waals surface area (Å²) in [5.41, 5.74) is 0. The average Bonchev–Trinajstić information content (AvgIpc) is 2.71. The third kappa shape index (κ3) is 4.80. The van der Waals surface area contributed by atoms with Gasteiger partial charge in [-0.1, -0.05) is 0 Å². The van der Waals surface area contributed by atoms with E-state index in [2.05, 4.69) is 5.10 Å². The number of nitrogens with zero attached hydrogens (tertiary/aromatic N) is 2. The van der Waals surface area contributed by atoms with Crippen molar-refractivity contribution in [2.45, 2.75) is 13.5 Å². The second-order valence-corrected chi connectivity index (χ2v) is 2.99. The normalized spacial score (nSPS) is 10.5. The van der Waals surface area contributed by atoms with Crippen LogP contribution in [0, 0.1) is 0 Å². The molecule has 0 aromatic carbocycles. The SMILES string of the molecule is CCn1cc(OCCOCCOC)cn1. The van der Waals surface area contributed by atoms with Crippen LogP contribution in [0.25, 0.3) is 0 Å². The number of aromatic nitrogens is 2. The fourth-order valence-corrected chi connectivity index (χ4v) is 1.05. The zero-order chi connectivity index (χ0) is 10.9. The van der Waals surface area contributed by atoms with Crippen LogP contribution < -0.4 is 4.74 Å². The van der Waals surface area contributed by atoms with Crippen molar-refractivity contribution in [3.05, 3.63) is 12.4 Å². The lowest BCUT2D eigenvalue weighted by atomic mass is 10.6. The van der Waals surface area contributed by atoms with E-state index in [-0.39, 0.29) is 0 Å². The Balaban J connectivity index is 2.04. The number of ether oxygens (including phenoxy) is 3. The first-order valence-electron chi connectivity index (χ1n) is 5.08. The summed E-state index contributed by atoms with van der Waals surface area (Å²) in [6, 6.07) is 0. The summed E-state index contributed by atoms with van der Waals surface area (Å²) < 4.78 is 17.3. The predicted molar refractivity (Wildman–Crippen MR) is 56.1 cm³/mol. The van der Waals surface area contributed by atoms with Gasteiger partial charge in [-0.3, -0.25) is 4.68 Å². The van der Waals surface area contributed by atoms with Gasteiger partial charge in [-0.05, 0) is 6.92 Å². The molecular formula is C10H18N2O3. The third-order valence-corrected chi connectivity index (χ3v) is 1.86. The Morgan fingerprint density at radius 2 is 2.07 bits per heavy atom. The molecule has 0 saturated heterocycles. The Labute approximate surface area is 89.9 Å². The van der Waals surface area contributed by atoms with Gasteiger partial charge in [-0.25, -0.2) is 0 Å². The van der Waals surface area contributed by atoms with Crippen LogP contribution >= 0.6 is 0 Å². The summed E-state index contributed by atoms with van der Waals surface area (Å²) >= 11 is 0. The van der Waals surface area contributed by atoms with E-state index in [1.807, 2.05) is 17.8 Å². The summed E-state index contributed by atoms with van der Waals surface area (Å²) in [5, 5.41) is 4.09. The summed E-state index contributed by atoms with van der Waals surface area (Å²) in [6.07, 6.45) is 3.58. The fourth-order valence-electron chi connectivity index (χ4n) is 1.05. The van der Waals surface area contributed by atoms with Gasteiger partial charge in [0.05, 0.1) is 32.2 Å². The summed E-state index contributed by atoms with van der Waals surface area (Å²) in [7, 11) is 1.65. The quantitative estimate of drug-likeness (QED) is 0.604. The molecule has 0 aliphatic rings. The smallest absolute Gasteiger partial charge is 0.157 e. The van der Waals surface area contributed by atoms with Crippen LogP contribution in [0.5, 0.6) is 5.75 Å². The van der Waals surface area contributed by atoms with Crippen molar-refractivity contribution in [1.29, 1.82) is 0 Å². The highest BCUT2D eigenvalue weighted by Gasteiger charge is 1.97. The van der Waals surface area contributed by atoms with E-state index in [0.717, 1.165) is 12.3 Å². The number of aryl methyl sites for hydroxylation is 1. The highest BCUT2D eigenvalue weighted by molar-refractivity contribution is 5.11. The summed E-state index contributed by atoms with van der Waals surface area (Å²) in [5.74, 6) is 0.784. The lowest BCUT2D eigenvalue weighted by Gasteiger charge is -2.04. The van der Waals surface area contributed by atoms with Crippen molar-refractivity contribution >= 4 is 0 Å². The number of hydrogen-bond donors (Lipinski definition) is 0. The minimum absolute atomic E-state index is 0.541. The van der Waals surface area contributed by atoms with Gasteiger partial charge in [0.2, 0.25) is 0 Å². The van der Waals surface area contributed by atoms with E-state index in [1.54, 1.807) is 13.3 Å². The monoisotopic (exact) mass is 214 g/mol. The molecule has 0 bridgehead atoms. The molecule has 0 atom stereocenters. The molecule has 15 heavy (non-hydrogen) atoms. The standard InChI is InChI=1S/C10H18N2O3/c1-3-12-9-10(8-11-12)15-7-6-14-5-4-13-2/h8-9H,3-7H2,1-2H3. The van der Waals surface area contributed by atoms with Crippen LogP contribution in [0.3, 0.4) is 0 Å². The second kappa shape index (κ2) is 7.25. The van der Waals surface area contributed by atoms with Crippen molar-refractivity contribution in [1.82, 2.24) is 9.78 Å². The van der Waals surface area contributed by atoms with Crippen LogP contribution in [0.1, 0.15) is 6.92 Å². The molecule has 0 spiro atoms. The largest absolute Gasteiger partial charge is 0.488 e. The molecule has 1 rings (SSSR count). The molecular weight excluding hydrogens is 196 g/mol. The van der Waals surface area contributed by atoms with Crippen molar-refractivity contribution < 1.29 is 14.2 Å². The Kier molecular flexibility index (Phi) is 5.80. The Morgan fingerprint density at radius 3 is 2.73 bits per heavy atom. The zero-order valence-corrected chi connectivity index (χ0v) is 9.31. The van der Waals surface area contributed by atoms with Gasteiger partial charge < -0.3 is 14.2 Å². The van der Waals surface area contributed by atoms with Crippen LogP contribution in [0.2, 0.25) is 0 Å². The van der Waals surface area contributed by atoms with Crippen molar-refractivity contribution in [3.63, 3.8) is 0 Å². The van der Waals surface area contributed by atoms with Crippen LogP contribution in [-0.2, 0) is 16.0 Å².